The number of aromatic nitrogens is 2. The fourth-order valence-electron chi connectivity index (χ4n) is 4.38. The van der Waals surface area contributed by atoms with Gasteiger partial charge in [0.05, 0.1) is 19.2 Å². The lowest BCUT2D eigenvalue weighted by atomic mass is 10.1. The molecular formula is C26H33N5O2. The maximum Gasteiger partial charge on any atom is 0.305 e. The molecule has 7 heteroatoms. The minimum Gasteiger partial charge on any atom is -0.469 e. The van der Waals surface area contributed by atoms with Crippen molar-refractivity contribution in [2.75, 3.05) is 50.1 Å². The van der Waals surface area contributed by atoms with E-state index < -0.39 is 0 Å². The number of fused-ring (bicyclic) bond motifs is 1. The number of ether oxygens (including phenoxy) is 1. The molecule has 4 rings (SSSR count). The van der Waals surface area contributed by atoms with Crippen molar-refractivity contribution in [3.63, 3.8) is 0 Å². The number of benzene rings is 2. The number of hydrogen-bond acceptors (Lipinski definition) is 7. The zero-order valence-corrected chi connectivity index (χ0v) is 19.8. The number of para-hydroxylation sites is 1. The van der Waals surface area contributed by atoms with Crippen LogP contribution in [0.2, 0.25) is 0 Å². The Morgan fingerprint density at radius 1 is 1.06 bits per heavy atom. The average Bonchev–Trinajstić information content (AvgIpc) is 2.82. The predicted octanol–water partition coefficient (Wildman–Crippen LogP) is 3.93. The molecule has 33 heavy (non-hydrogen) atoms. The highest BCUT2D eigenvalue weighted by atomic mass is 16.5. The number of carbonyl (C=O) groups is 1. The number of hydrogen-bond donors (Lipinski definition) is 1. The molecule has 1 N–H and O–H groups in total. The van der Waals surface area contributed by atoms with E-state index >= 15 is 0 Å². The SMILES string of the molecule is COC(=O)CCCNc1nc(CN2CCN(c3ccc(C)cc3C)CC2)nc2ccccc12. The van der Waals surface area contributed by atoms with Crippen LogP contribution in [0.4, 0.5) is 11.5 Å². The Hall–Kier alpha value is -3.19. The van der Waals surface area contributed by atoms with Crippen LogP contribution in [0.3, 0.4) is 0 Å². The van der Waals surface area contributed by atoms with Gasteiger partial charge >= 0.3 is 5.97 Å². The van der Waals surface area contributed by atoms with Crippen LogP contribution in [-0.4, -0.2) is 60.7 Å². The molecule has 0 spiro atoms. The largest absolute Gasteiger partial charge is 0.469 e. The topological polar surface area (TPSA) is 70.6 Å². The predicted molar refractivity (Wildman–Crippen MR) is 133 cm³/mol. The molecule has 3 aromatic rings. The minimum atomic E-state index is -0.190. The van der Waals surface area contributed by atoms with E-state index in [1.54, 1.807) is 0 Å². The molecule has 0 radical (unpaired) electrons. The molecule has 1 aliphatic heterocycles. The molecule has 1 aromatic heterocycles. The molecule has 0 amide bonds. The molecule has 1 saturated heterocycles. The van der Waals surface area contributed by atoms with Crippen molar-refractivity contribution < 1.29 is 9.53 Å². The molecule has 1 fully saturated rings. The van der Waals surface area contributed by atoms with Gasteiger partial charge in [0.25, 0.3) is 0 Å². The van der Waals surface area contributed by atoms with Gasteiger partial charge in [-0.05, 0) is 44.0 Å². The van der Waals surface area contributed by atoms with E-state index in [2.05, 4.69) is 47.2 Å². The molecule has 174 valence electrons. The highest BCUT2D eigenvalue weighted by Crippen LogP contribution is 2.24. The summed E-state index contributed by atoms with van der Waals surface area (Å²) in [5, 5.41) is 4.40. The number of aryl methyl sites for hydroxylation is 2. The number of esters is 1. The summed E-state index contributed by atoms with van der Waals surface area (Å²) in [7, 11) is 1.42. The molecule has 2 aromatic carbocycles. The first-order chi connectivity index (χ1) is 16.0. The van der Waals surface area contributed by atoms with Crippen LogP contribution < -0.4 is 10.2 Å². The molecule has 2 heterocycles. The lowest BCUT2D eigenvalue weighted by Crippen LogP contribution is -2.46. The summed E-state index contributed by atoms with van der Waals surface area (Å²) >= 11 is 0. The van der Waals surface area contributed by atoms with Gasteiger partial charge in [-0.3, -0.25) is 9.69 Å². The van der Waals surface area contributed by atoms with Gasteiger partial charge in [0.15, 0.2) is 0 Å². The molecule has 0 atom stereocenters. The van der Waals surface area contributed by atoms with Crippen molar-refractivity contribution in [3.8, 4) is 0 Å². The number of piperazine rings is 1. The third kappa shape index (κ3) is 5.79. The van der Waals surface area contributed by atoms with Crippen molar-refractivity contribution >= 4 is 28.4 Å². The standard InChI is InChI=1S/C26H33N5O2/c1-19-10-11-23(20(2)17-19)31-15-13-30(14-16-31)18-24-28-22-8-5-4-7-21(22)26(29-24)27-12-6-9-25(32)33-3/h4-5,7-8,10-11,17H,6,9,12-16,18H2,1-3H3,(H,27,28,29). The van der Waals surface area contributed by atoms with Gasteiger partial charge in [-0.15, -0.1) is 0 Å². The zero-order valence-electron chi connectivity index (χ0n) is 19.8. The average molecular weight is 448 g/mol. The molecule has 0 aliphatic carbocycles. The van der Waals surface area contributed by atoms with Crippen LogP contribution in [0.1, 0.15) is 29.8 Å². The second-order valence-corrected chi connectivity index (χ2v) is 8.67. The second-order valence-electron chi connectivity index (χ2n) is 8.67. The number of carbonyl (C=O) groups excluding carboxylic acids is 1. The maximum atomic E-state index is 11.4. The van der Waals surface area contributed by atoms with Crippen LogP contribution >= 0.6 is 0 Å². The summed E-state index contributed by atoms with van der Waals surface area (Å²) in [4.78, 5) is 25.9. The first-order valence-electron chi connectivity index (χ1n) is 11.6. The Bertz CT molecular complexity index is 1110. The van der Waals surface area contributed by atoms with Gasteiger partial charge in [0.1, 0.15) is 11.6 Å². The van der Waals surface area contributed by atoms with E-state index in [1.807, 2.05) is 24.3 Å². The van der Waals surface area contributed by atoms with E-state index in [0.29, 0.717) is 19.4 Å². The van der Waals surface area contributed by atoms with Crippen LogP contribution in [0.5, 0.6) is 0 Å². The lowest BCUT2D eigenvalue weighted by Gasteiger charge is -2.36. The minimum absolute atomic E-state index is 0.190. The summed E-state index contributed by atoms with van der Waals surface area (Å²) in [5.74, 6) is 1.46. The zero-order chi connectivity index (χ0) is 23.2. The summed E-state index contributed by atoms with van der Waals surface area (Å²) < 4.78 is 4.72. The van der Waals surface area contributed by atoms with Gasteiger partial charge < -0.3 is 15.0 Å². The third-order valence-electron chi connectivity index (χ3n) is 6.16. The third-order valence-corrected chi connectivity index (χ3v) is 6.16. The first kappa shape index (κ1) is 23.0. The van der Waals surface area contributed by atoms with Gasteiger partial charge in [-0.2, -0.15) is 0 Å². The molecule has 1 aliphatic rings. The van der Waals surface area contributed by atoms with Gasteiger partial charge in [-0.1, -0.05) is 29.8 Å². The normalized spacial score (nSPS) is 14.5. The Morgan fingerprint density at radius 3 is 2.61 bits per heavy atom. The Kier molecular flexibility index (Phi) is 7.40. The van der Waals surface area contributed by atoms with E-state index in [1.165, 1.54) is 23.9 Å². The smallest absolute Gasteiger partial charge is 0.305 e. The molecule has 7 nitrogen and oxygen atoms in total. The number of nitrogens with one attached hydrogen (secondary N) is 1. The molecule has 0 saturated carbocycles. The van der Waals surface area contributed by atoms with Crippen molar-refractivity contribution in [2.45, 2.75) is 33.2 Å². The summed E-state index contributed by atoms with van der Waals surface area (Å²) in [6, 6.07) is 14.7. The highest BCUT2D eigenvalue weighted by molar-refractivity contribution is 5.89. The second kappa shape index (κ2) is 10.6. The number of nitrogens with zero attached hydrogens (tertiary/aromatic N) is 4. The summed E-state index contributed by atoms with van der Waals surface area (Å²) in [5.41, 5.74) is 4.91. The van der Waals surface area contributed by atoms with Crippen LogP contribution in [0, 0.1) is 13.8 Å². The Balaban J connectivity index is 1.40. The van der Waals surface area contributed by atoms with E-state index in [-0.39, 0.29) is 5.97 Å². The molecule has 0 bridgehead atoms. The highest BCUT2D eigenvalue weighted by Gasteiger charge is 2.20. The van der Waals surface area contributed by atoms with Gasteiger partial charge in [0.2, 0.25) is 0 Å². The number of anilines is 2. The van der Waals surface area contributed by atoms with Crippen molar-refractivity contribution in [2.24, 2.45) is 0 Å². The Labute approximate surface area is 195 Å². The summed E-state index contributed by atoms with van der Waals surface area (Å²) in [6.45, 7) is 9.66. The van der Waals surface area contributed by atoms with Crippen LogP contribution in [0.25, 0.3) is 10.9 Å². The van der Waals surface area contributed by atoms with Crippen LogP contribution in [0.15, 0.2) is 42.5 Å². The van der Waals surface area contributed by atoms with E-state index in [4.69, 9.17) is 14.7 Å². The van der Waals surface area contributed by atoms with Crippen molar-refractivity contribution in [1.29, 1.82) is 0 Å². The molecule has 0 unspecified atom stereocenters. The van der Waals surface area contributed by atoms with Gasteiger partial charge in [-0.25, -0.2) is 9.97 Å². The Morgan fingerprint density at radius 2 is 1.85 bits per heavy atom. The maximum absolute atomic E-state index is 11.4. The van der Waals surface area contributed by atoms with E-state index in [9.17, 15) is 4.79 Å². The fraction of sp³-hybridized carbons (Fsp3) is 0.423. The van der Waals surface area contributed by atoms with Crippen molar-refractivity contribution in [3.05, 3.63) is 59.4 Å². The number of methoxy groups -OCH3 is 1. The first-order valence-corrected chi connectivity index (χ1v) is 11.6. The fourth-order valence-corrected chi connectivity index (χ4v) is 4.38. The lowest BCUT2D eigenvalue weighted by molar-refractivity contribution is -0.140. The monoisotopic (exact) mass is 447 g/mol. The van der Waals surface area contributed by atoms with E-state index in [0.717, 1.165) is 55.3 Å². The number of rotatable bonds is 8. The van der Waals surface area contributed by atoms with Crippen LogP contribution in [-0.2, 0) is 16.1 Å². The van der Waals surface area contributed by atoms with Crippen molar-refractivity contribution in [1.82, 2.24) is 14.9 Å². The molecular weight excluding hydrogens is 414 g/mol. The summed E-state index contributed by atoms with van der Waals surface area (Å²) in [6.07, 6.45) is 1.09. The van der Waals surface area contributed by atoms with Gasteiger partial charge in [0, 0.05) is 50.2 Å². The quantitative estimate of drug-likeness (QED) is 0.414.